The highest BCUT2D eigenvalue weighted by atomic mass is 14.4. The first kappa shape index (κ1) is 17.0. The van der Waals surface area contributed by atoms with Gasteiger partial charge in [0.25, 0.3) is 0 Å². The molecule has 0 radical (unpaired) electrons. The van der Waals surface area contributed by atoms with E-state index in [0.717, 1.165) is 11.8 Å². The molecule has 0 saturated heterocycles. The van der Waals surface area contributed by atoms with E-state index in [1.165, 1.54) is 24.8 Å². The Labute approximate surface area is 126 Å². The first-order chi connectivity index (χ1) is 9.41. The molecule has 0 N–H and O–H groups in total. The van der Waals surface area contributed by atoms with E-state index >= 15 is 0 Å². The molecule has 1 fully saturated rings. The van der Waals surface area contributed by atoms with Crippen molar-refractivity contribution < 1.29 is 0 Å². The molecule has 0 amide bonds. The minimum atomic E-state index is 0.429. The minimum absolute atomic E-state index is 0.429. The molecule has 0 aromatic carbocycles. The summed E-state index contributed by atoms with van der Waals surface area (Å²) >= 11 is 0. The van der Waals surface area contributed by atoms with E-state index in [4.69, 9.17) is 0 Å². The van der Waals surface area contributed by atoms with E-state index < -0.39 is 0 Å². The lowest BCUT2D eigenvalue weighted by atomic mass is 9.60. The Bertz CT molecular complexity index is 415. The van der Waals surface area contributed by atoms with Gasteiger partial charge in [-0.2, -0.15) is 0 Å². The van der Waals surface area contributed by atoms with Crippen molar-refractivity contribution in [2.75, 3.05) is 0 Å². The summed E-state index contributed by atoms with van der Waals surface area (Å²) in [5.74, 6) is 1.55. The van der Waals surface area contributed by atoms with E-state index in [-0.39, 0.29) is 0 Å². The molecule has 0 nitrogen and oxygen atoms in total. The second kappa shape index (κ2) is 7.67. The average molecular weight is 272 g/mol. The van der Waals surface area contributed by atoms with E-state index in [9.17, 15) is 0 Å². The molecule has 20 heavy (non-hydrogen) atoms. The summed E-state index contributed by atoms with van der Waals surface area (Å²) in [5, 5.41) is 0. The van der Waals surface area contributed by atoms with Crippen LogP contribution in [-0.4, -0.2) is 0 Å². The van der Waals surface area contributed by atoms with Crippen molar-refractivity contribution in [2.24, 2.45) is 17.3 Å². The van der Waals surface area contributed by atoms with Crippen LogP contribution in [0.2, 0.25) is 0 Å². The van der Waals surface area contributed by atoms with Crippen LogP contribution in [0.1, 0.15) is 60.8 Å². The molecule has 112 valence electrons. The van der Waals surface area contributed by atoms with Crippen LogP contribution >= 0.6 is 0 Å². The molecule has 0 spiro atoms. The van der Waals surface area contributed by atoms with Gasteiger partial charge in [-0.15, -0.1) is 0 Å². The maximum Gasteiger partial charge on any atom is -0.0146 e. The van der Waals surface area contributed by atoms with Crippen LogP contribution in [0.15, 0.2) is 47.6 Å². The lowest BCUT2D eigenvalue weighted by molar-refractivity contribution is 0.0935. The summed E-state index contributed by atoms with van der Waals surface area (Å²) in [6, 6.07) is 0. The molecule has 0 bridgehead atoms. The van der Waals surface area contributed by atoms with Crippen LogP contribution in [0.25, 0.3) is 0 Å². The highest BCUT2D eigenvalue weighted by molar-refractivity contribution is 5.28. The van der Waals surface area contributed by atoms with Crippen LogP contribution in [0, 0.1) is 17.3 Å². The first-order valence-electron chi connectivity index (χ1n) is 8.04. The SMILES string of the molecule is C/C=C/C=C/C=C/C(C)=C(\C)C1CCCC(C)C1(C)C. The molecule has 0 aliphatic heterocycles. The summed E-state index contributed by atoms with van der Waals surface area (Å²) in [6.45, 7) is 14.0. The molecule has 1 saturated carbocycles. The average Bonchev–Trinajstić information content (AvgIpc) is 2.40. The lowest BCUT2D eigenvalue weighted by Gasteiger charge is -2.45. The van der Waals surface area contributed by atoms with E-state index in [2.05, 4.69) is 65.0 Å². The third kappa shape index (κ3) is 4.23. The van der Waals surface area contributed by atoms with E-state index in [1.807, 2.05) is 13.0 Å². The van der Waals surface area contributed by atoms with Crippen LogP contribution in [0.5, 0.6) is 0 Å². The van der Waals surface area contributed by atoms with Gasteiger partial charge in [0.05, 0.1) is 0 Å². The third-order valence-electron chi connectivity index (χ3n) is 5.31. The largest absolute Gasteiger partial charge is 0.0877 e. The fourth-order valence-electron chi connectivity index (χ4n) is 3.34. The molecule has 2 unspecified atom stereocenters. The zero-order valence-electron chi connectivity index (χ0n) is 14.2. The van der Waals surface area contributed by atoms with E-state index in [1.54, 1.807) is 5.57 Å². The monoisotopic (exact) mass is 272 g/mol. The van der Waals surface area contributed by atoms with Crippen LogP contribution in [-0.2, 0) is 0 Å². The van der Waals surface area contributed by atoms with Gasteiger partial charge >= 0.3 is 0 Å². The molecular formula is C20H32. The molecule has 2 atom stereocenters. The molecule has 0 aromatic heterocycles. The topological polar surface area (TPSA) is 0 Å². The van der Waals surface area contributed by atoms with Crippen LogP contribution in [0.3, 0.4) is 0 Å². The molecule has 1 aliphatic rings. The summed E-state index contributed by atoms with van der Waals surface area (Å²) in [5.41, 5.74) is 3.44. The summed E-state index contributed by atoms with van der Waals surface area (Å²) < 4.78 is 0. The van der Waals surface area contributed by atoms with Crippen molar-refractivity contribution in [3.63, 3.8) is 0 Å². The van der Waals surface area contributed by atoms with Gasteiger partial charge < -0.3 is 0 Å². The van der Waals surface area contributed by atoms with Crippen molar-refractivity contribution in [1.29, 1.82) is 0 Å². The minimum Gasteiger partial charge on any atom is -0.0877 e. The van der Waals surface area contributed by atoms with E-state index in [0.29, 0.717) is 5.41 Å². The van der Waals surface area contributed by atoms with Crippen molar-refractivity contribution in [3.05, 3.63) is 47.6 Å². The Morgan fingerprint density at radius 1 is 1.00 bits per heavy atom. The summed E-state index contributed by atoms with van der Waals surface area (Å²) in [6.07, 6.45) is 16.8. The Morgan fingerprint density at radius 2 is 1.65 bits per heavy atom. The quantitative estimate of drug-likeness (QED) is 0.514. The Kier molecular flexibility index (Phi) is 6.52. The normalized spacial score (nSPS) is 28.5. The second-order valence-electron chi connectivity index (χ2n) is 6.84. The zero-order chi connectivity index (χ0) is 15.2. The number of allylic oxidation sites excluding steroid dienone is 8. The molecular weight excluding hydrogens is 240 g/mol. The van der Waals surface area contributed by atoms with Crippen molar-refractivity contribution in [2.45, 2.75) is 60.8 Å². The summed E-state index contributed by atoms with van der Waals surface area (Å²) in [4.78, 5) is 0. The standard InChI is InChI=1S/C20H32/c1-7-8-9-10-11-13-16(2)18(4)19-15-12-14-17(3)20(19,5)6/h7-11,13,17,19H,12,14-15H2,1-6H3/b8-7+,10-9+,13-11+,18-16+. The van der Waals surface area contributed by atoms with Crippen molar-refractivity contribution >= 4 is 0 Å². The smallest absolute Gasteiger partial charge is 0.0146 e. The maximum atomic E-state index is 2.45. The fraction of sp³-hybridized carbons (Fsp3) is 0.600. The first-order valence-corrected chi connectivity index (χ1v) is 8.04. The predicted octanol–water partition coefficient (Wildman–Crippen LogP) is 6.47. The molecule has 0 heteroatoms. The fourth-order valence-corrected chi connectivity index (χ4v) is 3.34. The highest BCUT2D eigenvalue weighted by Gasteiger charge is 2.38. The van der Waals surface area contributed by atoms with Crippen LogP contribution < -0.4 is 0 Å². The molecule has 1 rings (SSSR count). The summed E-state index contributed by atoms with van der Waals surface area (Å²) in [7, 11) is 0. The molecule has 0 aromatic rings. The lowest BCUT2D eigenvalue weighted by Crippen LogP contribution is -2.35. The van der Waals surface area contributed by atoms with Gasteiger partial charge in [-0.3, -0.25) is 0 Å². The van der Waals surface area contributed by atoms with Gasteiger partial charge in [0.2, 0.25) is 0 Å². The zero-order valence-corrected chi connectivity index (χ0v) is 14.2. The van der Waals surface area contributed by atoms with Gasteiger partial charge in [0.1, 0.15) is 0 Å². The molecule has 1 aliphatic carbocycles. The van der Waals surface area contributed by atoms with Gasteiger partial charge in [-0.05, 0) is 44.4 Å². The van der Waals surface area contributed by atoms with Gasteiger partial charge in [0.15, 0.2) is 0 Å². The van der Waals surface area contributed by atoms with Gasteiger partial charge in [-0.25, -0.2) is 0 Å². The number of rotatable bonds is 4. The van der Waals surface area contributed by atoms with Crippen molar-refractivity contribution in [3.8, 4) is 0 Å². The van der Waals surface area contributed by atoms with Gasteiger partial charge in [0, 0.05) is 0 Å². The third-order valence-corrected chi connectivity index (χ3v) is 5.31. The number of hydrogen-bond donors (Lipinski definition) is 0. The Morgan fingerprint density at radius 3 is 2.30 bits per heavy atom. The second-order valence-corrected chi connectivity index (χ2v) is 6.84. The maximum absolute atomic E-state index is 2.45. The van der Waals surface area contributed by atoms with Crippen molar-refractivity contribution in [1.82, 2.24) is 0 Å². The Hall–Kier alpha value is -1.04. The van der Waals surface area contributed by atoms with Gasteiger partial charge in [-0.1, -0.05) is 81.2 Å². The number of hydrogen-bond acceptors (Lipinski definition) is 0. The molecule has 0 heterocycles. The highest BCUT2D eigenvalue weighted by Crippen LogP contribution is 2.48. The Balaban J connectivity index is 2.85. The predicted molar refractivity (Wildman–Crippen MR) is 91.8 cm³/mol. The van der Waals surface area contributed by atoms with Crippen LogP contribution in [0.4, 0.5) is 0 Å².